The summed E-state index contributed by atoms with van der Waals surface area (Å²) in [4.78, 5) is 3.93. The lowest BCUT2D eigenvalue weighted by Crippen LogP contribution is -2.11. The van der Waals surface area contributed by atoms with Crippen LogP contribution in [0.5, 0.6) is 0 Å². The number of benzene rings is 7. The fraction of sp³-hybridized carbons (Fsp3) is 0.0435. The lowest BCUT2D eigenvalue weighted by Gasteiger charge is -2.28. The summed E-state index contributed by atoms with van der Waals surface area (Å²) < 4.78 is 1.33. The molecule has 0 saturated carbocycles. The van der Waals surface area contributed by atoms with Gasteiger partial charge in [-0.05, 0) is 93.4 Å². The second-order valence-corrected chi connectivity index (χ2v) is 13.6. The molecule has 1 aliphatic rings. The van der Waals surface area contributed by atoms with Gasteiger partial charge < -0.3 is 4.90 Å². The van der Waals surface area contributed by atoms with E-state index in [0.717, 1.165) is 24.2 Å². The molecule has 0 N–H and O–H groups in total. The summed E-state index contributed by atoms with van der Waals surface area (Å²) in [5.41, 5.74) is 12.2. The van der Waals surface area contributed by atoms with Crippen molar-refractivity contribution in [2.24, 2.45) is 0 Å². The molecule has 1 heterocycles. The molecule has 0 saturated heterocycles. The Kier molecular flexibility index (Phi) is 7.22. The van der Waals surface area contributed by atoms with Crippen LogP contribution in [-0.2, 0) is 6.42 Å². The molecule has 9 rings (SSSR count). The fourth-order valence-corrected chi connectivity index (χ4v) is 8.37. The Morgan fingerprint density at radius 3 is 1.83 bits per heavy atom. The van der Waals surface area contributed by atoms with E-state index >= 15 is 0 Å². The van der Waals surface area contributed by atoms with E-state index in [1.165, 1.54) is 70.4 Å². The van der Waals surface area contributed by atoms with Crippen LogP contribution in [-0.4, -0.2) is 0 Å². The van der Waals surface area contributed by atoms with Crippen molar-refractivity contribution in [3.05, 3.63) is 180 Å². The highest BCUT2D eigenvalue weighted by Gasteiger charge is 2.22. The van der Waals surface area contributed by atoms with E-state index < -0.39 is 0 Å². The molecule has 0 unspecified atom stereocenters. The topological polar surface area (TPSA) is 3.24 Å². The monoisotopic (exact) mass is 631 g/mol. The van der Waals surface area contributed by atoms with Gasteiger partial charge in [-0.2, -0.15) is 0 Å². The highest BCUT2D eigenvalue weighted by atomic mass is 32.1. The van der Waals surface area contributed by atoms with Gasteiger partial charge in [0.05, 0.1) is 5.69 Å². The molecule has 0 aliphatic heterocycles. The lowest BCUT2D eigenvalue weighted by atomic mass is 9.96. The van der Waals surface area contributed by atoms with Crippen molar-refractivity contribution in [2.75, 3.05) is 4.90 Å². The van der Waals surface area contributed by atoms with Crippen molar-refractivity contribution in [3.63, 3.8) is 0 Å². The van der Waals surface area contributed by atoms with Gasteiger partial charge in [0, 0.05) is 31.9 Å². The number of hydrogen-bond acceptors (Lipinski definition) is 2. The zero-order valence-corrected chi connectivity index (χ0v) is 27.3. The Balaban J connectivity index is 1.24. The van der Waals surface area contributed by atoms with Crippen molar-refractivity contribution >= 4 is 55.3 Å². The number of hydrogen-bond donors (Lipinski definition) is 0. The van der Waals surface area contributed by atoms with Crippen LogP contribution in [0.4, 0.5) is 17.1 Å². The predicted octanol–water partition coefficient (Wildman–Crippen LogP) is 13.5. The van der Waals surface area contributed by atoms with E-state index in [1.54, 1.807) is 0 Å². The van der Waals surface area contributed by atoms with Gasteiger partial charge in [-0.3, -0.25) is 0 Å². The molecule has 0 bridgehead atoms. The van der Waals surface area contributed by atoms with Gasteiger partial charge in [-0.15, -0.1) is 11.3 Å². The summed E-state index contributed by atoms with van der Waals surface area (Å²) in [6, 6.07) is 59.7. The number of rotatable bonds is 6. The Labute approximate surface area is 285 Å². The molecule has 2 heteroatoms. The average molecular weight is 632 g/mol. The number of allylic oxidation sites excluding steroid dienone is 1. The Bertz CT molecular complexity index is 2410. The van der Waals surface area contributed by atoms with Crippen molar-refractivity contribution < 1.29 is 0 Å². The third kappa shape index (κ3) is 5.12. The molecule has 0 radical (unpaired) electrons. The van der Waals surface area contributed by atoms with Crippen molar-refractivity contribution in [3.8, 4) is 33.4 Å². The van der Waals surface area contributed by atoms with Crippen LogP contribution in [0.1, 0.15) is 16.9 Å². The Morgan fingerprint density at radius 2 is 1.08 bits per heavy atom. The predicted molar refractivity (Wildman–Crippen MR) is 208 cm³/mol. The number of aryl methyl sites for hydroxylation is 1. The summed E-state index contributed by atoms with van der Waals surface area (Å²) in [6.07, 6.45) is 6.88. The van der Waals surface area contributed by atoms with Gasteiger partial charge in [-0.1, -0.05) is 140 Å². The van der Waals surface area contributed by atoms with Crippen molar-refractivity contribution in [1.82, 2.24) is 0 Å². The second kappa shape index (κ2) is 12.2. The van der Waals surface area contributed by atoms with Crippen molar-refractivity contribution in [2.45, 2.75) is 12.8 Å². The van der Waals surface area contributed by atoms with E-state index in [1.807, 2.05) is 11.3 Å². The number of fused-ring (bicyclic) bond motifs is 4. The molecule has 0 spiro atoms. The summed E-state index contributed by atoms with van der Waals surface area (Å²) >= 11 is 1.95. The minimum Gasteiger partial charge on any atom is -0.310 e. The standard InChI is InChI=1S/C46H33NS/c1-3-12-32(13-4-1)33-22-26-37(27-23-33)47(38-28-24-36(25-29-38)40-20-11-17-34-16-7-8-18-39(34)40)44-31-46-43(41-19-9-10-21-45(41)48-46)30-42(44)35-14-5-2-6-15-35/h1-9,11-20,22-31H,10,21H2. The average Bonchev–Trinajstić information content (AvgIpc) is 3.53. The fourth-order valence-electron chi connectivity index (χ4n) is 7.15. The first-order chi connectivity index (χ1) is 23.8. The molecular weight excluding hydrogens is 599 g/mol. The minimum absolute atomic E-state index is 1.11. The zero-order chi connectivity index (χ0) is 31.9. The highest BCUT2D eigenvalue weighted by molar-refractivity contribution is 7.19. The summed E-state index contributed by atoms with van der Waals surface area (Å²) in [6.45, 7) is 0. The van der Waals surface area contributed by atoms with Gasteiger partial charge in [0.25, 0.3) is 0 Å². The normalized spacial score (nSPS) is 12.3. The maximum absolute atomic E-state index is 2.44. The molecule has 48 heavy (non-hydrogen) atoms. The Hall–Kier alpha value is -5.70. The SMILES string of the molecule is C1=Cc2c(sc3cc(N(c4ccc(-c5ccccc5)cc4)c4ccc(-c5cccc6ccccc56)cc4)c(-c4ccccc4)cc23)CC1. The molecule has 1 aromatic heterocycles. The smallest absolute Gasteiger partial charge is 0.0554 e. The van der Waals surface area contributed by atoms with Gasteiger partial charge in [0.15, 0.2) is 0 Å². The van der Waals surface area contributed by atoms with E-state index in [0.29, 0.717) is 0 Å². The summed E-state index contributed by atoms with van der Waals surface area (Å²) in [5, 5.41) is 3.88. The molecule has 0 amide bonds. The first-order valence-electron chi connectivity index (χ1n) is 16.7. The summed E-state index contributed by atoms with van der Waals surface area (Å²) in [7, 11) is 0. The zero-order valence-electron chi connectivity index (χ0n) is 26.5. The van der Waals surface area contributed by atoms with Gasteiger partial charge in [-0.25, -0.2) is 0 Å². The number of anilines is 3. The number of nitrogens with zero attached hydrogens (tertiary/aromatic N) is 1. The third-order valence-corrected chi connectivity index (χ3v) is 10.8. The largest absolute Gasteiger partial charge is 0.310 e. The van der Waals surface area contributed by atoms with Crippen molar-refractivity contribution in [1.29, 1.82) is 0 Å². The van der Waals surface area contributed by atoms with Crippen LogP contribution < -0.4 is 4.90 Å². The van der Waals surface area contributed by atoms with Crippen LogP contribution in [0, 0.1) is 0 Å². The van der Waals surface area contributed by atoms with Gasteiger partial charge in [0.1, 0.15) is 0 Å². The third-order valence-electron chi connectivity index (χ3n) is 9.53. The molecule has 1 aliphatic carbocycles. The molecule has 7 aromatic carbocycles. The van der Waals surface area contributed by atoms with Gasteiger partial charge >= 0.3 is 0 Å². The first-order valence-corrected chi connectivity index (χ1v) is 17.5. The molecule has 0 atom stereocenters. The quantitative estimate of drug-likeness (QED) is 0.176. The maximum Gasteiger partial charge on any atom is 0.0554 e. The first kappa shape index (κ1) is 28.5. The lowest BCUT2D eigenvalue weighted by molar-refractivity contribution is 1.02. The minimum atomic E-state index is 1.11. The second-order valence-electron chi connectivity index (χ2n) is 12.4. The molecule has 228 valence electrons. The Morgan fingerprint density at radius 1 is 0.479 bits per heavy atom. The molecular formula is C46H33NS. The summed E-state index contributed by atoms with van der Waals surface area (Å²) in [5.74, 6) is 0. The molecule has 0 fully saturated rings. The van der Waals surface area contributed by atoms with Crippen LogP contribution >= 0.6 is 11.3 Å². The van der Waals surface area contributed by atoms with E-state index in [2.05, 4.69) is 181 Å². The molecule has 8 aromatic rings. The molecule has 1 nitrogen and oxygen atoms in total. The van der Waals surface area contributed by atoms with Crippen LogP contribution in [0.15, 0.2) is 170 Å². The van der Waals surface area contributed by atoms with E-state index in [4.69, 9.17) is 0 Å². The van der Waals surface area contributed by atoms with Crippen LogP contribution in [0.2, 0.25) is 0 Å². The van der Waals surface area contributed by atoms with Crippen LogP contribution in [0.25, 0.3) is 60.3 Å². The van der Waals surface area contributed by atoms with E-state index in [9.17, 15) is 0 Å². The van der Waals surface area contributed by atoms with Crippen LogP contribution in [0.3, 0.4) is 0 Å². The maximum atomic E-state index is 2.44. The highest BCUT2D eigenvalue weighted by Crippen LogP contribution is 2.47. The number of thiophene rings is 1. The van der Waals surface area contributed by atoms with Gasteiger partial charge in [0.2, 0.25) is 0 Å². The van der Waals surface area contributed by atoms with E-state index in [-0.39, 0.29) is 0 Å².